The highest BCUT2D eigenvalue weighted by atomic mass is 35.5. The number of nitrogens with zero attached hydrogens (tertiary/aromatic N) is 3. The molecule has 3 aromatic heterocycles. The molecular formula is C15H12ClN5O2. The number of nitrogens with two attached hydrogens (primary N) is 1. The number of aromatic nitrogens is 3. The van der Waals surface area contributed by atoms with Crippen molar-refractivity contribution in [2.24, 2.45) is 0 Å². The summed E-state index contributed by atoms with van der Waals surface area (Å²) in [7, 11) is 0. The van der Waals surface area contributed by atoms with E-state index < -0.39 is 5.91 Å². The monoisotopic (exact) mass is 329 g/mol. The summed E-state index contributed by atoms with van der Waals surface area (Å²) >= 11 is 5.99. The van der Waals surface area contributed by atoms with E-state index in [0.29, 0.717) is 22.3 Å². The molecule has 0 aliphatic carbocycles. The van der Waals surface area contributed by atoms with Gasteiger partial charge in [0.1, 0.15) is 5.82 Å². The van der Waals surface area contributed by atoms with E-state index in [4.69, 9.17) is 21.8 Å². The molecule has 3 N–H and O–H groups in total. The first-order chi connectivity index (χ1) is 11.1. The van der Waals surface area contributed by atoms with Crippen molar-refractivity contribution in [2.45, 2.75) is 6.54 Å². The number of carbonyl (C=O) groups excluding carboxylic acids is 1. The van der Waals surface area contributed by atoms with Gasteiger partial charge in [-0.3, -0.25) is 9.78 Å². The van der Waals surface area contributed by atoms with Gasteiger partial charge in [0.25, 0.3) is 5.91 Å². The summed E-state index contributed by atoms with van der Waals surface area (Å²) in [6, 6.07) is 6.84. The van der Waals surface area contributed by atoms with Gasteiger partial charge in [-0.25, -0.2) is 9.97 Å². The topological polar surface area (TPSA) is 107 Å². The van der Waals surface area contributed by atoms with Crippen LogP contribution in [0.2, 0.25) is 5.02 Å². The van der Waals surface area contributed by atoms with Gasteiger partial charge in [0.2, 0.25) is 0 Å². The Balaban J connectivity index is 1.74. The number of nitrogens with one attached hydrogen (secondary N) is 1. The maximum atomic E-state index is 12.2. The highest BCUT2D eigenvalue weighted by Gasteiger charge is 2.14. The SMILES string of the molecule is Nc1nc(-c2ccco2)ncc1C(=O)NCc1ncccc1Cl. The average molecular weight is 330 g/mol. The van der Waals surface area contributed by atoms with Crippen LogP contribution < -0.4 is 11.1 Å². The van der Waals surface area contributed by atoms with Crippen LogP contribution in [0, 0.1) is 0 Å². The number of amides is 1. The van der Waals surface area contributed by atoms with E-state index in [1.807, 2.05) is 0 Å². The first-order valence-corrected chi connectivity index (χ1v) is 7.07. The van der Waals surface area contributed by atoms with Crippen molar-refractivity contribution in [1.29, 1.82) is 0 Å². The number of nitrogen functional groups attached to an aromatic ring is 1. The second kappa shape index (κ2) is 6.45. The molecule has 0 atom stereocenters. The molecule has 3 heterocycles. The van der Waals surface area contributed by atoms with Crippen molar-refractivity contribution in [3.63, 3.8) is 0 Å². The van der Waals surface area contributed by atoms with Crippen LogP contribution in [0.15, 0.2) is 47.3 Å². The minimum absolute atomic E-state index is 0.0658. The Kier molecular flexibility index (Phi) is 4.20. The molecule has 0 saturated carbocycles. The second-order valence-electron chi connectivity index (χ2n) is 4.58. The summed E-state index contributed by atoms with van der Waals surface area (Å²) in [6.45, 7) is 0.178. The Bertz CT molecular complexity index is 836. The molecule has 8 heteroatoms. The van der Waals surface area contributed by atoms with Crippen LogP contribution in [0.3, 0.4) is 0 Å². The van der Waals surface area contributed by atoms with E-state index in [0.717, 1.165) is 0 Å². The number of halogens is 1. The summed E-state index contributed by atoms with van der Waals surface area (Å²) in [5.41, 5.74) is 6.57. The highest BCUT2D eigenvalue weighted by molar-refractivity contribution is 6.31. The fourth-order valence-corrected chi connectivity index (χ4v) is 2.09. The first-order valence-electron chi connectivity index (χ1n) is 6.69. The molecule has 7 nitrogen and oxygen atoms in total. The van der Waals surface area contributed by atoms with Crippen molar-refractivity contribution in [2.75, 3.05) is 5.73 Å². The van der Waals surface area contributed by atoms with E-state index in [1.54, 1.807) is 30.5 Å². The van der Waals surface area contributed by atoms with Crippen LogP contribution in [-0.4, -0.2) is 20.9 Å². The Morgan fingerprint density at radius 3 is 2.87 bits per heavy atom. The maximum absolute atomic E-state index is 12.2. The average Bonchev–Trinajstić information content (AvgIpc) is 3.08. The van der Waals surface area contributed by atoms with Crippen molar-refractivity contribution in [1.82, 2.24) is 20.3 Å². The molecule has 0 unspecified atom stereocenters. The fourth-order valence-electron chi connectivity index (χ4n) is 1.90. The Labute approximate surface area is 136 Å². The fraction of sp³-hybridized carbons (Fsp3) is 0.0667. The van der Waals surface area contributed by atoms with Gasteiger partial charge in [-0.05, 0) is 24.3 Å². The molecular weight excluding hydrogens is 318 g/mol. The van der Waals surface area contributed by atoms with Gasteiger partial charge < -0.3 is 15.5 Å². The molecule has 0 aromatic carbocycles. The molecule has 0 radical (unpaired) electrons. The summed E-state index contributed by atoms with van der Waals surface area (Å²) < 4.78 is 5.19. The van der Waals surface area contributed by atoms with E-state index in [1.165, 1.54) is 12.5 Å². The van der Waals surface area contributed by atoms with Gasteiger partial charge in [0.15, 0.2) is 11.6 Å². The smallest absolute Gasteiger partial charge is 0.256 e. The zero-order valence-corrected chi connectivity index (χ0v) is 12.6. The van der Waals surface area contributed by atoms with Gasteiger partial charge in [-0.15, -0.1) is 0 Å². The molecule has 116 valence electrons. The molecule has 0 aliphatic heterocycles. The van der Waals surface area contributed by atoms with Gasteiger partial charge in [0, 0.05) is 12.4 Å². The highest BCUT2D eigenvalue weighted by Crippen LogP contribution is 2.18. The van der Waals surface area contributed by atoms with E-state index in [-0.39, 0.29) is 17.9 Å². The third-order valence-electron chi connectivity index (χ3n) is 3.06. The van der Waals surface area contributed by atoms with Crippen LogP contribution in [-0.2, 0) is 6.54 Å². The minimum atomic E-state index is -0.407. The number of furan rings is 1. The van der Waals surface area contributed by atoms with Crippen LogP contribution >= 0.6 is 11.6 Å². The largest absolute Gasteiger partial charge is 0.461 e. The summed E-state index contributed by atoms with van der Waals surface area (Å²) in [5, 5.41) is 3.16. The molecule has 3 aromatic rings. The van der Waals surface area contributed by atoms with E-state index >= 15 is 0 Å². The van der Waals surface area contributed by atoms with Gasteiger partial charge in [-0.1, -0.05) is 11.6 Å². The summed E-state index contributed by atoms with van der Waals surface area (Å²) in [6.07, 6.45) is 4.46. The standard InChI is InChI=1S/C15H12ClN5O2/c16-10-3-1-5-18-11(10)8-20-15(22)9-7-19-14(21-13(9)17)12-4-2-6-23-12/h1-7H,8H2,(H,20,22)(H2,17,19,21). The van der Waals surface area contributed by atoms with Crippen LogP contribution in [0.4, 0.5) is 5.82 Å². The first kappa shape index (κ1) is 15.0. The molecule has 0 spiro atoms. The van der Waals surface area contributed by atoms with Crippen molar-refractivity contribution >= 4 is 23.3 Å². The molecule has 3 rings (SSSR count). The van der Waals surface area contributed by atoms with E-state index in [9.17, 15) is 4.79 Å². The summed E-state index contributed by atoms with van der Waals surface area (Å²) in [5.74, 6) is 0.451. The second-order valence-corrected chi connectivity index (χ2v) is 4.99. The summed E-state index contributed by atoms with van der Waals surface area (Å²) in [4.78, 5) is 24.4. The third-order valence-corrected chi connectivity index (χ3v) is 3.40. The lowest BCUT2D eigenvalue weighted by Gasteiger charge is -2.08. The molecule has 0 fully saturated rings. The quantitative estimate of drug-likeness (QED) is 0.760. The Hall–Kier alpha value is -2.93. The zero-order chi connectivity index (χ0) is 16.2. The number of pyridine rings is 1. The third kappa shape index (κ3) is 3.29. The van der Waals surface area contributed by atoms with Crippen LogP contribution in [0.1, 0.15) is 16.1 Å². The number of carbonyl (C=O) groups is 1. The Morgan fingerprint density at radius 2 is 2.17 bits per heavy atom. The molecule has 0 aliphatic rings. The zero-order valence-electron chi connectivity index (χ0n) is 11.9. The lowest BCUT2D eigenvalue weighted by atomic mass is 10.2. The number of anilines is 1. The number of hydrogen-bond donors (Lipinski definition) is 2. The molecule has 0 saturated heterocycles. The predicted octanol–water partition coefficient (Wildman–Crippen LogP) is 2.30. The van der Waals surface area contributed by atoms with Gasteiger partial charge >= 0.3 is 0 Å². The minimum Gasteiger partial charge on any atom is -0.461 e. The predicted molar refractivity (Wildman–Crippen MR) is 84.6 cm³/mol. The molecule has 0 bridgehead atoms. The molecule has 1 amide bonds. The van der Waals surface area contributed by atoms with Crippen molar-refractivity contribution in [3.05, 3.63) is 59.2 Å². The van der Waals surface area contributed by atoms with Gasteiger partial charge in [0.05, 0.1) is 29.1 Å². The number of hydrogen-bond acceptors (Lipinski definition) is 6. The van der Waals surface area contributed by atoms with Crippen molar-refractivity contribution in [3.8, 4) is 11.6 Å². The lowest BCUT2D eigenvalue weighted by molar-refractivity contribution is 0.0950. The van der Waals surface area contributed by atoms with Crippen LogP contribution in [0.5, 0.6) is 0 Å². The van der Waals surface area contributed by atoms with Crippen LogP contribution in [0.25, 0.3) is 11.6 Å². The van der Waals surface area contributed by atoms with Crippen molar-refractivity contribution < 1.29 is 9.21 Å². The Morgan fingerprint density at radius 1 is 1.30 bits per heavy atom. The normalized spacial score (nSPS) is 10.5. The van der Waals surface area contributed by atoms with E-state index in [2.05, 4.69) is 20.3 Å². The number of rotatable bonds is 4. The lowest BCUT2D eigenvalue weighted by Crippen LogP contribution is -2.25. The maximum Gasteiger partial charge on any atom is 0.256 e. The van der Waals surface area contributed by atoms with Gasteiger partial charge in [-0.2, -0.15) is 0 Å². The molecule has 23 heavy (non-hydrogen) atoms.